The summed E-state index contributed by atoms with van der Waals surface area (Å²) >= 11 is 3.56. The van der Waals surface area contributed by atoms with Crippen LogP contribution in [0.5, 0.6) is 0 Å². The number of hydrogen-bond donors (Lipinski definition) is 1. The largest absolute Gasteiger partial charge is 0.460 e. The van der Waals surface area contributed by atoms with Crippen LogP contribution >= 0.6 is 15.9 Å². The molecule has 1 saturated heterocycles. The first-order valence-electron chi connectivity index (χ1n) is 8.41. The van der Waals surface area contributed by atoms with Crippen LogP contribution in [0.25, 0.3) is 10.9 Å². The number of piperidine rings is 1. The van der Waals surface area contributed by atoms with Crippen molar-refractivity contribution in [1.29, 1.82) is 0 Å². The minimum Gasteiger partial charge on any atom is -0.460 e. The first-order valence-corrected chi connectivity index (χ1v) is 9.20. The number of carbonyl (C=O) groups excluding carboxylic acids is 1. The number of aromatic amines is 1. The number of pyridine rings is 1. The number of hydrogen-bond acceptors (Lipinski definition) is 4. The van der Waals surface area contributed by atoms with Crippen LogP contribution in [0.15, 0.2) is 22.9 Å². The van der Waals surface area contributed by atoms with Gasteiger partial charge < -0.3 is 14.6 Å². The second-order valence-electron chi connectivity index (χ2n) is 7.45. The lowest BCUT2D eigenvalue weighted by atomic mass is 9.93. The van der Waals surface area contributed by atoms with Gasteiger partial charge in [-0.1, -0.05) is 0 Å². The van der Waals surface area contributed by atoms with Gasteiger partial charge in [-0.3, -0.25) is 4.79 Å². The van der Waals surface area contributed by atoms with E-state index in [9.17, 15) is 4.79 Å². The van der Waals surface area contributed by atoms with Crippen LogP contribution in [0.2, 0.25) is 0 Å². The van der Waals surface area contributed by atoms with Gasteiger partial charge in [0.25, 0.3) is 0 Å². The second-order valence-corrected chi connectivity index (χ2v) is 8.30. The molecule has 0 saturated carbocycles. The predicted molar refractivity (Wildman–Crippen MR) is 99.2 cm³/mol. The first kappa shape index (κ1) is 17.3. The summed E-state index contributed by atoms with van der Waals surface area (Å²) < 4.78 is 6.49. The summed E-state index contributed by atoms with van der Waals surface area (Å²) in [4.78, 5) is 22.0. The molecule has 0 amide bonds. The van der Waals surface area contributed by atoms with Crippen molar-refractivity contribution in [3.8, 4) is 0 Å². The number of halogens is 1. The molecular formula is C18H24BrN3O2. The SMILES string of the molecule is CC(C)(C)OC(=O)CC1CCN(c2cc3c(Br)c[nH]c3cn2)CC1. The van der Waals surface area contributed by atoms with Gasteiger partial charge >= 0.3 is 5.97 Å². The van der Waals surface area contributed by atoms with Crippen LogP contribution in [-0.2, 0) is 9.53 Å². The van der Waals surface area contributed by atoms with E-state index in [0.717, 1.165) is 47.1 Å². The smallest absolute Gasteiger partial charge is 0.306 e. The van der Waals surface area contributed by atoms with E-state index < -0.39 is 5.60 Å². The van der Waals surface area contributed by atoms with Crippen molar-refractivity contribution in [3.63, 3.8) is 0 Å². The third kappa shape index (κ3) is 4.09. The monoisotopic (exact) mass is 393 g/mol. The third-order valence-corrected chi connectivity index (χ3v) is 4.97. The highest BCUT2D eigenvalue weighted by Gasteiger charge is 2.25. The van der Waals surface area contributed by atoms with E-state index in [1.165, 1.54) is 0 Å². The molecule has 0 radical (unpaired) electrons. The molecular weight excluding hydrogens is 370 g/mol. The quantitative estimate of drug-likeness (QED) is 0.790. The fourth-order valence-electron chi connectivity index (χ4n) is 3.13. The topological polar surface area (TPSA) is 58.2 Å². The zero-order valence-corrected chi connectivity index (χ0v) is 16.0. The Morgan fingerprint density at radius 1 is 1.42 bits per heavy atom. The standard InChI is InChI=1S/C18H24BrN3O2/c1-18(2,3)24-17(23)8-12-4-6-22(7-5-12)16-9-13-14(19)10-20-15(13)11-21-16/h9-12,20H,4-8H2,1-3H3. The molecule has 0 unspecified atom stereocenters. The van der Waals surface area contributed by atoms with Gasteiger partial charge in [-0.15, -0.1) is 0 Å². The fourth-order valence-corrected chi connectivity index (χ4v) is 3.58. The van der Waals surface area contributed by atoms with E-state index >= 15 is 0 Å². The second kappa shape index (κ2) is 6.75. The molecule has 0 atom stereocenters. The van der Waals surface area contributed by atoms with E-state index in [1.54, 1.807) is 0 Å². The molecule has 130 valence electrons. The van der Waals surface area contributed by atoms with Crippen LogP contribution in [0, 0.1) is 5.92 Å². The average Bonchev–Trinajstić information content (AvgIpc) is 2.87. The summed E-state index contributed by atoms with van der Waals surface area (Å²) in [6.45, 7) is 7.58. The van der Waals surface area contributed by atoms with Gasteiger partial charge in [0.15, 0.2) is 0 Å². The van der Waals surface area contributed by atoms with Crippen molar-refractivity contribution in [1.82, 2.24) is 9.97 Å². The van der Waals surface area contributed by atoms with Gasteiger partial charge in [0.2, 0.25) is 0 Å². The first-order chi connectivity index (χ1) is 11.3. The molecule has 0 bridgehead atoms. The third-order valence-electron chi connectivity index (χ3n) is 4.32. The molecule has 0 aliphatic carbocycles. The number of fused-ring (bicyclic) bond motifs is 1. The molecule has 1 aliphatic rings. The Hall–Kier alpha value is -1.56. The van der Waals surface area contributed by atoms with Gasteiger partial charge in [0.1, 0.15) is 11.4 Å². The maximum Gasteiger partial charge on any atom is 0.306 e. The van der Waals surface area contributed by atoms with Gasteiger partial charge in [0, 0.05) is 35.6 Å². The summed E-state index contributed by atoms with van der Waals surface area (Å²) in [5, 5.41) is 1.15. The number of esters is 1. The Morgan fingerprint density at radius 3 is 2.79 bits per heavy atom. The average molecular weight is 394 g/mol. The summed E-state index contributed by atoms with van der Waals surface area (Å²) in [5.74, 6) is 1.31. The predicted octanol–water partition coefficient (Wildman–Crippen LogP) is 4.27. The van der Waals surface area contributed by atoms with Crippen LogP contribution < -0.4 is 4.90 Å². The Labute approximate surface area is 150 Å². The van der Waals surface area contributed by atoms with Gasteiger partial charge in [0.05, 0.1) is 11.7 Å². The molecule has 3 heterocycles. The van der Waals surface area contributed by atoms with E-state index in [4.69, 9.17) is 4.74 Å². The number of aromatic nitrogens is 2. The molecule has 1 N–H and O–H groups in total. The van der Waals surface area contributed by atoms with Crippen LogP contribution in [0.3, 0.4) is 0 Å². The Bertz CT molecular complexity index is 727. The normalized spacial score (nSPS) is 16.6. The summed E-state index contributed by atoms with van der Waals surface area (Å²) in [5.41, 5.74) is 0.631. The van der Waals surface area contributed by atoms with E-state index in [-0.39, 0.29) is 5.97 Å². The summed E-state index contributed by atoms with van der Waals surface area (Å²) in [6.07, 6.45) is 6.31. The number of nitrogens with one attached hydrogen (secondary N) is 1. The maximum atomic E-state index is 12.0. The fraction of sp³-hybridized carbons (Fsp3) is 0.556. The lowest BCUT2D eigenvalue weighted by Crippen LogP contribution is -2.35. The van der Waals surface area contributed by atoms with Crippen molar-refractivity contribution in [2.24, 2.45) is 5.92 Å². The highest BCUT2D eigenvalue weighted by Crippen LogP contribution is 2.29. The van der Waals surface area contributed by atoms with Crippen LogP contribution in [0.1, 0.15) is 40.0 Å². The molecule has 0 spiro atoms. The van der Waals surface area contributed by atoms with E-state index in [0.29, 0.717) is 12.3 Å². The molecule has 5 nitrogen and oxygen atoms in total. The lowest BCUT2D eigenvalue weighted by molar-refractivity contribution is -0.156. The number of nitrogens with zero attached hydrogens (tertiary/aromatic N) is 2. The number of anilines is 1. The van der Waals surface area contributed by atoms with Crippen molar-refractivity contribution >= 4 is 38.6 Å². The zero-order chi connectivity index (χ0) is 17.3. The maximum absolute atomic E-state index is 12.0. The Balaban J connectivity index is 1.58. The lowest BCUT2D eigenvalue weighted by Gasteiger charge is -2.33. The number of carbonyl (C=O) groups is 1. The highest BCUT2D eigenvalue weighted by molar-refractivity contribution is 9.10. The summed E-state index contributed by atoms with van der Waals surface area (Å²) in [7, 11) is 0. The minimum atomic E-state index is -0.402. The number of rotatable bonds is 3. The zero-order valence-electron chi connectivity index (χ0n) is 14.4. The summed E-state index contributed by atoms with van der Waals surface area (Å²) in [6, 6.07) is 2.12. The Morgan fingerprint density at radius 2 is 2.12 bits per heavy atom. The van der Waals surface area contributed by atoms with Crippen molar-refractivity contribution in [2.75, 3.05) is 18.0 Å². The number of ether oxygens (including phenoxy) is 1. The number of H-pyrrole nitrogens is 1. The van der Waals surface area contributed by atoms with Crippen molar-refractivity contribution < 1.29 is 9.53 Å². The molecule has 2 aromatic rings. The van der Waals surface area contributed by atoms with Crippen molar-refractivity contribution in [3.05, 3.63) is 22.9 Å². The van der Waals surface area contributed by atoms with Crippen LogP contribution in [0.4, 0.5) is 5.82 Å². The van der Waals surface area contributed by atoms with Gasteiger partial charge in [-0.25, -0.2) is 4.98 Å². The molecule has 1 aliphatic heterocycles. The van der Waals surface area contributed by atoms with Crippen molar-refractivity contribution in [2.45, 2.75) is 45.6 Å². The molecule has 3 rings (SSSR count). The van der Waals surface area contributed by atoms with E-state index in [1.807, 2.05) is 33.2 Å². The Kier molecular flexibility index (Phi) is 4.85. The van der Waals surface area contributed by atoms with Crippen LogP contribution in [-0.4, -0.2) is 34.6 Å². The molecule has 0 aromatic carbocycles. The molecule has 6 heteroatoms. The molecule has 1 fully saturated rings. The van der Waals surface area contributed by atoms with E-state index in [2.05, 4.69) is 36.9 Å². The van der Waals surface area contributed by atoms with Gasteiger partial charge in [-0.05, 0) is 61.5 Å². The highest BCUT2D eigenvalue weighted by atomic mass is 79.9. The minimum absolute atomic E-state index is 0.0863. The molecule has 24 heavy (non-hydrogen) atoms. The molecule has 2 aromatic heterocycles. The van der Waals surface area contributed by atoms with Gasteiger partial charge in [-0.2, -0.15) is 0 Å².